The van der Waals surface area contributed by atoms with Crippen LogP contribution in [0.2, 0.25) is 5.02 Å². The van der Waals surface area contributed by atoms with E-state index in [0.717, 1.165) is 12.2 Å². The van der Waals surface area contributed by atoms with Gasteiger partial charge in [0.1, 0.15) is 5.75 Å². The smallest absolute Gasteiger partial charge is 0.138 e. The molecule has 2 nitrogen and oxygen atoms in total. The molecule has 0 aliphatic carbocycles. The molecule has 0 radical (unpaired) electrons. The molecule has 14 heavy (non-hydrogen) atoms. The van der Waals surface area contributed by atoms with Gasteiger partial charge in [0.25, 0.3) is 0 Å². The van der Waals surface area contributed by atoms with Gasteiger partial charge in [0, 0.05) is 0 Å². The second-order valence-electron chi connectivity index (χ2n) is 3.18. The largest absolute Gasteiger partial charge is 0.492 e. The van der Waals surface area contributed by atoms with Crippen LogP contribution in [0.3, 0.4) is 0 Å². The van der Waals surface area contributed by atoms with E-state index < -0.39 is 0 Å². The van der Waals surface area contributed by atoms with Gasteiger partial charge in [-0.15, -0.1) is 0 Å². The Morgan fingerprint density at radius 1 is 1.43 bits per heavy atom. The maximum Gasteiger partial charge on any atom is 0.138 e. The van der Waals surface area contributed by atoms with Crippen molar-refractivity contribution in [1.29, 1.82) is 0 Å². The van der Waals surface area contributed by atoms with Crippen molar-refractivity contribution in [3.63, 3.8) is 0 Å². The van der Waals surface area contributed by atoms with Crippen LogP contribution in [0, 0.1) is 6.92 Å². The minimum Gasteiger partial charge on any atom is -0.492 e. The molecular formula is C11H16ClNO. The second kappa shape index (κ2) is 5.23. The highest BCUT2D eigenvalue weighted by Crippen LogP contribution is 2.28. The average Bonchev–Trinajstić information content (AvgIpc) is 2.14. The van der Waals surface area contributed by atoms with E-state index in [0.29, 0.717) is 18.2 Å². The van der Waals surface area contributed by atoms with Gasteiger partial charge in [0.2, 0.25) is 0 Å². The number of ether oxygens (including phenoxy) is 1. The van der Waals surface area contributed by atoms with Crippen molar-refractivity contribution in [2.75, 3.05) is 13.2 Å². The van der Waals surface area contributed by atoms with Crippen molar-refractivity contribution < 1.29 is 4.74 Å². The third-order valence-corrected chi connectivity index (χ3v) is 2.40. The van der Waals surface area contributed by atoms with Gasteiger partial charge < -0.3 is 10.5 Å². The summed E-state index contributed by atoms with van der Waals surface area (Å²) >= 11 is 6.05. The zero-order valence-corrected chi connectivity index (χ0v) is 9.40. The predicted octanol–water partition coefficient (Wildman–Crippen LogP) is 2.55. The lowest BCUT2D eigenvalue weighted by molar-refractivity contribution is 0.340. The number of benzene rings is 1. The topological polar surface area (TPSA) is 35.2 Å². The first kappa shape index (κ1) is 11.3. The van der Waals surface area contributed by atoms with Gasteiger partial charge in [-0.2, -0.15) is 0 Å². The van der Waals surface area contributed by atoms with Gasteiger partial charge in [-0.3, -0.25) is 0 Å². The normalized spacial score (nSPS) is 10.3. The summed E-state index contributed by atoms with van der Waals surface area (Å²) in [4.78, 5) is 0. The highest BCUT2D eigenvalue weighted by molar-refractivity contribution is 6.32. The van der Waals surface area contributed by atoms with E-state index >= 15 is 0 Å². The maximum atomic E-state index is 6.05. The number of rotatable bonds is 4. The highest BCUT2D eigenvalue weighted by Gasteiger charge is 2.05. The van der Waals surface area contributed by atoms with Crippen LogP contribution in [0.25, 0.3) is 0 Å². The predicted molar refractivity (Wildman–Crippen MR) is 60.1 cm³/mol. The Labute approximate surface area is 90.0 Å². The van der Waals surface area contributed by atoms with Crippen LogP contribution in [0.4, 0.5) is 0 Å². The van der Waals surface area contributed by atoms with Crippen LogP contribution < -0.4 is 10.5 Å². The molecule has 0 bridgehead atoms. The van der Waals surface area contributed by atoms with Crippen molar-refractivity contribution in [2.45, 2.75) is 20.3 Å². The zero-order chi connectivity index (χ0) is 10.6. The Kier molecular flexibility index (Phi) is 4.23. The Morgan fingerprint density at radius 2 is 2.14 bits per heavy atom. The first-order valence-electron chi connectivity index (χ1n) is 4.81. The molecule has 3 heteroatoms. The summed E-state index contributed by atoms with van der Waals surface area (Å²) in [7, 11) is 0. The van der Waals surface area contributed by atoms with E-state index in [1.54, 1.807) is 0 Å². The Hall–Kier alpha value is -0.730. The zero-order valence-electron chi connectivity index (χ0n) is 8.64. The fourth-order valence-corrected chi connectivity index (χ4v) is 1.63. The fraction of sp³-hybridized carbons (Fsp3) is 0.455. The second-order valence-corrected chi connectivity index (χ2v) is 3.59. The lowest BCUT2D eigenvalue weighted by Gasteiger charge is -2.10. The molecule has 0 spiro atoms. The summed E-state index contributed by atoms with van der Waals surface area (Å²) in [5.74, 6) is 0.757. The van der Waals surface area contributed by atoms with Crippen molar-refractivity contribution in [2.24, 2.45) is 5.73 Å². The molecule has 0 saturated heterocycles. The number of nitrogens with two attached hydrogens (primary N) is 1. The van der Waals surface area contributed by atoms with Crippen LogP contribution >= 0.6 is 11.6 Å². The van der Waals surface area contributed by atoms with Crippen molar-refractivity contribution in [3.05, 3.63) is 28.3 Å². The molecule has 1 aromatic carbocycles. The molecule has 0 unspecified atom stereocenters. The van der Waals surface area contributed by atoms with E-state index in [9.17, 15) is 0 Å². The van der Waals surface area contributed by atoms with Crippen LogP contribution in [0.5, 0.6) is 5.75 Å². The lowest BCUT2D eigenvalue weighted by atomic mass is 10.1. The Balaban J connectivity index is 2.97. The lowest BCUT2D eigenvalue weighted by Crippen LogP contribution is -2.04. The molecule has 0 heterocycles. The van der Waals surface area contributed by atoms with Crippen molar-refractivity contribution >= 4 is 11.6 Å². The first-order chi connectivity index (χ1) is 6.69. The minimum atomic E-state index is 0.634. The number of hydrogen-bond acceptors (Lipinski definition) is 2. The summed E-state index contributed by atoms with van der Waals surface area (Å²) in [6.45, 7) is 5.27. The van der Waals surface area contributed by atoms with E-state index in [2.05, 4.69) is 0 Å². The first-order valence-corrected chi connectivity index (χ1v) is 5.18. The summed E-state index contributed by atoms with van der Waals surface area (Å²) < 4.78 is 5.39. The van der Waals surface area contributed by atoms with E-state index in [1.165, 1.54) is 11.1 Å². The van der Waals surface area contributed by atoms with Gasteiger partial charge >= 0.3 is 0 Å². The monoisotopic (exact) mass is 213 g/mol. The standard InChI is InChI=1S/C11H16ClNO/c1-3-14-11-6-8(2)9(4-5-13)7-10(11)12/h6-7H,3-5,13H2,1-2H3. The summed E-state index contributed by atoms with van der Waals surface area (Å²) in [5, 5.41) is 0.668. The molecule has 0 amide bonds. The van der Waals surface area contributed by atoms with Gasteiger partial charge in [-0.25, -0.2) is 0 Å². The summed E-state index contributed by atoms with van der Waals surface area (Å²) in [6.07, 6.45) is 0.859. The third kappa shape index (κ3) is 2.63. The van der Waals surface area contributed by atoms with Crippen LogP contribution in [-0.4, -0.2) is 13.2 Å². The Bertz CT molecular complexity index is 281. The van der Waals surface area contributed by atoms with Crippen LogP contribution in [0.1, 0.15) is 18.1 Å². The number of halogens is 1. The molecule has 0 saturated carbocycles. The van der Waals surface area contributed by atoms with Crippen molar-refractivity contribution in [1.82, 2.24) is 0 Å². The SMILES string of the molecule is CCOc1cc(C)c(CCN)cc1Cl. The van der Waals surface area contributed by atoms with Gasteiger partial charge in [0.15, 0.2) is 0 Å². The van der Waals surface area contributed by atoms with Gasteiger partial charge in [-0.05, 0) is 50.1 Å². The molecule has 0 atom stereocenters. The minimum absolute atomic E-state index is 0.634. The fourth-order valence-electron chi connectivity index (χ4n) is 1.39. The quantitative estimate of drug-likeness (QED) is 0.835. The molecule has 78 valence electrons. The van der Waals surface area contributed by atoms with E-state index in [-0.39, 0.29) is 0 Å². The van der Waals surface area contributed by atoms with Gasteiger partial charge in [-0.1, -0.05) is 11.6 Å². The molecule has 0 aromatic heterocycles. The Morgan fingerprint density at radius 3 is 2.71 bits per heavy atom. The molecule has 0 aliphatic heterocycles. The average molecular weight is 214 g/mol. The van der Waals surface area contributed by atoms with Crippen LogP contribution in [0.15, 0.2) is 12.1 Å². The van der Waals surface area contributed by atoms with E-state index in [1.807, 2.05) is 26.0 Å². The van der Waals surface area contributed by atoms with Crippen LogP contribution in [-0.2, 0) is 6.42 Å². The molecule has 0 fully saturated rings. The molecule has 1 aromatic rings. The summed E-state index contributed by atoms with van der Waals surface area (Å²) in [6, 6.07) is 3.91. The number of aryl methyl sites for hydroxylation is 1. The van der Waals surface area contributed by atoms with E-state index in [4.69, 9.17) is 22.1 Å². The molecule has 1 rings (SSSR count). The highest BCUT2D eigenvalue weighted by atomic mass is 35.5. The molecule has 2 N–H and O–H groups in total. The summed E-state index contributed by atoms with van der Waals surface area (Å²) in [5.41, 5.74) is 7.88. The molecular weight excluding hydrogens is 198 g/mol. The van der Waals surface area contributed by atoms with Crippen molar-refractivity contribution in [3.8, 4) is 5.75 Å². The third-order valence-electron chi connectivity index (χ3n) is 2.10. The molecule has 0 aliphatic rings. The van der Waals surface area contributed by atoms with Gasteiger partial charge in [0.05, 0.1) is 11.6 Å². The maximum absolute atomic E-state index is 6.05. The number of hydrogen-bond donors (Lipinski definition) is 1.